The fourth-order valence-electron chi connectivity index (χ4n) is 1.66. The summed E-state index contributed by atoms with van der Waals surface area (Å²) in [5, 5.41) is 0. The standard InChI is InChI=1S/C12H15BrN2O2/c1-16-8-9-17-7-6-15-11-5-3-2-4-10(11)14-12(15)13/h2-5H,6-9H2,1H3. The van der Waals surface area contributed by atoms with E-state index in [1.54, 1.807) is 7.11 Å². The SMILES string of the molecule is COCCOCCn1c(Br)nc2ccccc21. The molecule has 0 amide bonds. The summed E-state index contributed by atoms with van der Waals surface area (Å²) < 4.78 is 13.3. The number of rotatable bonds is 6. The lowest BCUT2D eigenvalue weighted by Gasteiger charge is -2.06. The predicted octanol–water partition coefficient (Wildman–Crippen LogP) is 2.46. The summed E-state index contributed by atoms with van der Waals surface area (Å²) in [4.78, 5) is 4.43. The molecular weight excluding hydrogens is 284 g/mol. The van der Waals surface area contributed by atoms with Crippen molar-refractivity contribution in [2.24, 2.45) is 0 Å². The number of ether oxygens (including phenoxy) is 2. The minimum Gasteiger partial charge on any atom is -0.382 e. The predicted molar refractivity (Wildman–Crippen MR) is 70.1 cm³/mol. The second-order valence-electron chi connectivity index (χ2n) is 3.63. The summed E-state index contributed by atoms with van der Waals surface area (Å²) in [7, 11) is 1.67. The van der Waals surface area contributed by atoms with E-state index in [0.29, 0.717) is 19.8 Å². The van der Waals surface area contributed by atoms with Crippen LogP contribution in [0.2, 0.25) is 0 Å². The molecule has 1 aromatic carbocycles. The van der Waals surface area contributed by atoms with E-state index in [1.165, 1.54) is 0 Å². The van der Waals surface area contributed by atoms with Crippen molar-refractivity contribution in [2.75, 3.05) is 26.9 Å². The molecule has 0 unspecified atom stereocenters. The molecule has 5 heteroatoms. The van der Waals surface area contributed by atoms with Crippen LogP contribution in [0, 0.1) is 0 Å². The maximum absolute atomic E-state index is 5.46. The smallest absolute Gasteiger partial charge is 0.178 e. The summed E-state index contributed by atoms with van der Waals surface area (Å²) in [6.07, 6.45) is 0. The quantitative estimate of drug-likeness (QED) is 0.769. The van der Waals surface area contributed by atoms with E-state index in [-0.39, 0.29) is 0 Å². The molecule has 0 N–H and O–H groups in total. The van der Waals surface area contributed by atoms with Crippen LogP contribution >= 0.6 is 15.9 Å². The highest BCUT2D eigenvalue weighted by Crippen LogP contribution is 2.19. The second kappa shape index (κ2) is 6.14. The number of methoxy groups -OCH3 is 1. The molecule has 0 fully saturated rings. The molecule has 1 aromatic heterocycles. The van der Waals surface area contributed by atoms with Crippen LogP contribution in [0.1, 0.15) is 0 Å². The van der Waals surface area contributed by atoms with Gasteiger partial charge in [-0.25, -0.2) is 4.98 Å². The maximum atomic E-state index is 5.46. The zero-order chi connectivity index (χ0) is 12.1. The van der Waals surface area contributed by atoms with Crippen molar-refractivity contribution in [2.45, 2.75) is 6.54 Å². The topological polar surface area (TPSA) is 36.3 Å². The number of hydrogen-bond acceptors (Lipinski definition) is 3. The molecule has 0 aliphatic rings. The maximum Gasteiger partial charge on any atom is 0.178 e. The molecule has 0 saturated carbocycles. The van der Waals surface area contributed by atoms with E-state index in [1.807, 2.05) is 18.2 Å². The lowest BCUT2D eigenvalue weighted by molar-refractivity contribution is 0.0667. The summed E-state index contributed by atoms with van der Waals surface area (Å²) >= 11 is 3.46. The molecule has 1 heterocycles. The number of hydrogen-bond donors (Lipinski definition) is 0. The van der Waals surface area contributed by atoms with Gasteiger partial charge in [0.25, 0.3) is 0 Å². The Morgan fingerprint density at radius 1 is 1.24 bits per heavy atom. The Hall–Kier alpha value is -0.910. The molecule has 0 aliphatic heterocycles. The Morgan fingerprint density at radius 2 is 2.06 bits per heavy atom. The number of fused-ring (bicyclic) bond motifs is 1. The number of imidazole rings is 1. The zero-order valence-electron chi connectivity index (χ0n) is 9.73. The van der Waals surface area contributed by atoms with Crippen molar-refractivity contribution < 1.29 is 9.47 Å². The molecule has 0 spiro atoms. The molecule has 17 heavy (non-hydrogen) atoms. The molecule has 0 bridgehead atoms. The summed E-state index contributed by atoms with van der Waals surface area (Å²) in [6.45, 7) is 2.69. The Morgan fingerprint density at radius 3 is 2.88 bits per heavy atom. The molecular formula is C12H15BrN2O2. The van der Waals surface area contributed by atoms with Gasteiger partial charge in [0.15, 0.2) is 4.73 Å². The lowest BCUT2D eigenvalue weighted by atomic mass is 10.3. The first-order valence-corrected chi connectivity index (χ1v) is 6.29. The second-order valence-corrected chi connectivity index (χ2v) is 4.34. The van der Waals surface area contributed by atoms with Gasteiger partial charge in [-0.1, -0.05) is 12.1 Å². The fourth-order valence-corrected chi connectivity index (χ4v) is 2.22. The largest absolute Gasteiger partial charge is 0.382 e. The minimum absolute atomic E-state index is 0.626. The van der Waals surface area contributed by atoms with Crippen LogP contribution in [0.3, 0.4) is 0 Å². The number of halogens is 1. The van der Waals surface area contributed by atoms with Crippen LogP contribution < -0.4 is 0 Å². The lowest BCUT2D eigenvalue weighted by Crippen LogP contribution is -2.09. The molecule has 0 atom stereocenters. The van der Waals surface area contributed by atoms with Gasteiger partial charge in [0.2, 0.25) is 0 Å². The number of benzene rings is 1. The van der Waals surface area contributed by atoms with Gasteiger partial charge >= 0.3 is 0 Å². The summed E-state index contributed by atoms with van der Waals surface area (Å²) in [6, 6.07) is 8.06. The van der Waals surface area contributed by atoms with Gasteiger partial charge in [-0.3, -0.25) is 0 Å². The molecule has 0 radical (unpaired) electrons. The van der Waals surface area contributed by atoms with Gasteiger partial charge < -0.3 is 14.0 Å². The van der Waals surface area contributed by atoms with Crippen molar-refractivity contribution in [1.82, 2.24) is 9.55 Å². The molecule has 4 nitrogen and oxygen atoms in total. The van der Waals surface area contributed by atoms with Crippen molar-refractivity contribution in [3.8, 4) is 0 Å². The Kier molecular flexibility index (Phi) is 4.53. The van der Waals surface area contributed by atoms with Gasteiger partial charge in [0, 0.05) is 13.7 Å². The first kappa shape index (κ1) is 12.5. The normalized spacial score (nSPS) is 11.2. The fraction of sp³-hybridized carbons (Fsp3) is 0.417. The number of nitrogens with zero attached hydrogens (tertiary/aromatic N) is 2. The van der Waals surface area contributed by atoms with Gasteiger partial charge in [0.1, 0.15) is 0 Å². The highest BCUT2D eigenvalue weighted by atomic mass is 79.9. The van der Waals surface area contributed by atoms with E-state index in [0.717, 1.165) is 22.3 Å². The number of aromatic nitrogens is 2. The summed E-state index contributed by atoms with van der Waals surface area (Å²) in [5.74, 6) is 0. The van der Waals surface area contributed by atoms with Crippen LogP contribution in [0.5, 0.6) is 0 Å². The third-order valence-corrected chi connectivity index (χ3v) is 3.10. The third-order valence-electron chi connectivity index (χ3n) is 2.50. The first-order chi connectivity index (χ1) is 8.33. The van der Waals surface area contributed by atoms with E-state index >= 15 is 0 Å². The molecule has 2 aromatic rings. The third kappa shape index (κ3) is 3.06. The van der Waals surface area contributed by atoms with Crippen LogP contribution in [-0.2, 0) is 16.0 Å². The van der Waals surface area contributed by atoms with Crippen LogP contribution in [-0.4, -0.2) is 36.5 Å². The highest BCUT2D eigenvalue weighted by Gasteiger charge is 2.06. The van der Waals surface area contributed by atoms with Gasteiger partial charge in [0.05, 0.1) is 30.9 Å². The van der Waals surface area contributed by atoms with E-state index < -0.39 is 0 Å². The van der Waals surface area contributed by atoms with E-state index in [4.69, 9.17) is 9.47 Å². The van der Waals surface area contributed by atoms with Crippen LogP contribution in [0.4, 0.5) is 0 Å². The van der Waals surface area contributed by atoms with E-state index in [2.05, 4.69) is 31.5 Å². The van der Waals surface area contributed by atoms with E-state index in [9.17, 15) is 0 Å². The van der Waals surface area contributed by atoms with Crippen molar-refractivity contribution in [3.63, 3.8) is 0 Å². The van der Waals surface area contributed by atoms with Crippen LogP contribution in [0.15, 0.2) is 29.0 Å². The average Bonchev–Trinajstić information content (AvgIpc) is 2.65. The minimum atomic E-state index is 0.626. The Balaban J connectivity index is 2.00. The monoisotopic (exact) mass is 298 g/mol. The zero-order valence-corrected chi connectivity index (χ0v) is 11.3. The molecule has 0 aliphatic carbocycles. The average molecular weight is 299 g/mol. The Labute approximate surface area is 109 Å². The Bertz CT molecular complexity index is 484. The van der Waals surface area contributed by atoms with Gasteiger partial charge in [-0.15, -0.1) is 0 Å². The molecule has 2 rings (SSSR count). The van der Waals surface area contributed by atoms with Gasteiger partial charge in [-0.05, 0) is 28.1 Å². The van der Waals surface area contributed by atoms with Crippen molar-refractivity contribution in [3.05, 3.63) is 29.0 Å². The number of para-hydroxylation sites is 2. The molecule has 92 valence electrons. The first-order valence-electron chi connectivity index (χ1n) is 5.50. The van der Waals surface area contributed by atoms with Gasteiger partial charge in [-0.2, -0.15) is 0 Å². The summed E-state index contributed by atoms with van der Waals surface area (Å²) in [5.41, 5.74) is 2.12. The highest BCUT2D eigenvalue weighted by molar-refractivity contribution is 9.10. The molecule has 0 saturated heterocycles. The van der Waals surface area contributed by atoms with Crippen molar-refractivity contribution in [1.29, 1.82) is 0 Å². The van der Waals surface area contributed by atoms with Crippen molar-refractivity contribution >= 4 is 27.0 Å². The van der Waals surface area contributed by atoms with Crippen LogP contribution in [0.25, 0.3) is 11.0 Å².